The molecule has 3 rings (SSSR count). The molecule has 0 heterocycles. The highest BCUT2D eigenvalue weighted by Crippen LogP contribution is 2.48. The van der Waals surface area contributed by atoms with Crippen molar-refractivity contribution in [2.45, 2.75) is 38.9 Å². The van der Waals surface area contributed by atoms with Gasteiger partial charge in [0.1, 0.15) is 0 Å². The summed E-state index contributed by atoms with van der Waals surface area (Å²) in [5.41, 5.74) is 5.46. The maximum absolute atomic E-state index is 5.94. The fourth-order valence-corrected chi connectivity index (χ4v) is 3.62. The summed E-state index contributed by atoms with van der Waals surface area (Å²) in [5.74, 6) is -0.214. The van der Waals surface area contributed by atoms with Gasteiger partial charge in [0, 0.05) is 25.6 Å². The third-order valence-corrected chi connectivity index (χ3v) is 4.44. The van der Waals surface area contributed by atoms with Crippen LogP contribution in [0, 0.1) is 0 Å². The van der Waals surface area contributed by atoms with Crippen LogP contribution in [-0.2, 0) is 9.47 Å². The van der Waals surface area contributed by atoms with E-state index in [0.717, 1.165) is 6.42 Å². The Kier molecular flexibility index (Phi) is 4.32. The zero-order valence-corrected chi connectivity index (χ0v) is 13.6. The number of benzene rings is 2. The summed E-state index contributed by atoms with van der Waals surface area (Å²) in [6, 6.07) is 17.4. The average molecular weight is 296 g/mol. The normalized spacial score (nSPS) is 14.0. The van der Waals surface area contributed by atoms with Gasteiger partial charge in [-0.25, -0.2) is 0 Å². The van der Waals surface area contributed by atoms with E-state index in [1.807, 2.05) is 13.8 Å². The van der Waals surface area contributed by atoms with Gasteiger partial charge in [0.15, 0.2) is 5.79 Å². The molecule has 0 aromatic heterocycles. The topological polar surface area (TPSA) is 18.5 Å². The minimum Gasteiger partial charge on any atom is -0.350 e. The standard InChI is InChI=1S/C20H24O2/c1-4-21-20(3,22-5-2)14-19-17-12-8-6-10-15(17)16-11-7-9-13-18(16)19/h6-13,19H,4-5,14H2,1-3H3. The summed E-state index contributed by atoms with van der Waals surface area (Å²) in [6.45, 7) is 7.42. The Morgan fingerprint density at radius 2 is 1.27 bits per heavy atom. The molecule has 0 saturated heterocycles. The number of fused-ring (bicyclic) bond motifs is 3. The van der Waals surface area contributed by atoms with Gasteiger partial charge in [0.2, 0.25) is 0 Å². The van der Waals surface area contributed by atoms with Gasteiger partial charge >= 0.3 is 0 Å². The van der Waals surface area contributed by atoms with Gasteiger partial charge in [-0.3, -0.25) is 0 Å². The Bertz CT molecular complexity index is 596. The molecule has 22 heavy (non-hydrogen) atoms. The Labute approximate surface area is 133 Å². The largest absolute Gasteiger partial charge is 0.350 e. The molecular formula is C20H24O2. The zero-order valence-electron chi connectivity index (χ0n) is 13.6. The minimum atomic E-state index is -0.543. The third-order valence-electron chi connectivity index (χ3n) is 4.44. The molecule has 2 heteroatoms. The van der Waals surface area contributed by atoms with Crippen molar-refractivity contribution in [3.8, 4) is 11.1 Å². The van der Waals surface area contributed by atoms with E-state index >= 15 is 0 Å². The molecule has 2 aromatic rings. The zero-order chi connectivity index (χ0) is 15.6. The predicted octanol–water partition coefficient (Wildman–Crippen LogP) is 4.98. The lowest BCUT2D eigenvalue weighted by atomic mass is 9.90. The second kappa shape index (κ2) is 6.23. The summed E-state index contributed by atoms with van der Waals surface area (Å²) in [6.07, 6.45) is 0.836. The first-order valence-corrected chi connectivity index (χ1v) is 8.14. The molecule has 0 amide bonds. The van der Waals surface area contributed by atoms with E-state index in [0.29, 0.717) is 19.1 Å². The number of rotatable bonds is 6. The molecule has 0 unspecified atom stereocenters. The molecule has 116 valence electrons. The van der Waals surface area contributed by atoms with Gasteiger partial charge in [0.05, 0.1) is 0 Å². The molecule has 1 aliphatic carbocycles. The van der Waals surface area contributed by atoms with Crippen molar-refractivity contribution in [1.82, 2.24) is 0 Å². The molecule has 0 N–H and O–H groups in total. The van der Waals surface area contributed by atoms with Crippen molar-refractivity contribution in [3.05, 3.63) is 59.7 Å². The van der Waals surface area contributed by atoms with Crippen molar-refractivity contribution in [2.24, 2.45) is 0 Å². The summed E-state index contributed by atoms with van der Waals surface area (Å²) in [4.78, 5) is 0. The lowest BCUT2D eigenvalue weighted by Gasteiger charge is -2.32. The lowest BCUT2D eigenvalue weighted by Crippen LogP contribution is -2.34. The Morgan fingerprint density at radius 3 is 1.73 bits per heavy atom. The molecule has 1 aliphatic rings. The van der Waals surface area contributed by atoms with Gasteiger partial charge in [-0.15, -0.1) is 0 Å². The molecule has 0 atom stereocenters. The summed E-state index contributed by atoms with van der Waals surface area (Å²) < 4.78 is 11.9. The Morgan fingerprint density at radius 1 is 0.818 bits per heavy atom. The average Bonchev–Trinajstić information content (AvgIpc) is 2.83. The molecular weight excluding hydrogens is 272 g/mol. The van der Waals surface area contributed by atoms with Crippen molar-refractivity contribution in [1.29, 1.82) is 0 Å². The maximum atomic E-state index is 5.94. The summed E-state index contributed by atoms with van der Waals surface area (Å²) in [5, 5.41) is 0. The van der Waals surface area contributed by atoms with Crippen LogP contribution in [-0.4, -0.2) is 19.0 Å². The van der Waals surface area contributed by atoms with Crippen molar-refractivity contribution >= 4 is 0 Å². The second-order valence-corrected chi connectivity index (χ2v) is 5.93. The van der Waals surface area contributed by atoms with Crippen molar-refractivity contribution < 1.29 is 9.47 Å². The van der Waals surface area contributed by atoms with Crippen LogP contribution in [0.5, 0.6) is 0 Å². The van der Waals surface area contributed by atoms with E-state index in [-0.39, 0.29) is 0 Å². The fraction of sp³-hybridized carbons (Fsp3) is 0.400. The van der Waals surface area contributed by atoms with Crippen LogP contribution in [0.2, 0.25) is 0 Å². The maximum Gasteiger partial charge on any atom is 0.166 e. The van der Waals surface area contributed by atoms with Crippen LogP contribution >= 0.6 is 0 Å². The van der Waals surface area contributed by atoms with Crippen LogP contribution in [0.1, 0.15) is 44.2 Å². The number of ether oxygens (including phenoxy) is 2. The highest BCUT2D eigenvalue weighted by Gasteiger charge is 2.36. The quantitative estimate of drug-likeness (QED) is 0.700. The van der Waals surface area contributed by atoms with Crippen LogP contribution < -0.4 is 0 Å². The van der Waals surface area contributed by atoms with Gasteiger partial charge in [-0.1, -0.05) is 48.5 Å². The van der Waals surface area contributed by atoms with E-state index in [2.05, 4.69) is 55.5 Å². The van der Waals surface area contributed by atoms with Crippen molar-refractivity contribution in [2.75, 3.05) is 13.2 Å². The minimum absolute atomic E-state index is 0.329. The highest BCUT2D eigenvalue weighted by atomic mass is 16.7. The molecule has 2 aromatic carbocycles. The molecule has 0 spiro atoms. The number of hydrogen-bond donors (Lipinski definition) is 0. The van der Waals surface area contributed by atoms with Crippen LogP contribution in [0.4, 0.5) is 0 Å². The molecule has 2 nitrogen and oxygen atoms in total. The first-order chi connectivity index (χ1) is 10.7. The van der Waals surface area contributed by atoms with Gasteiger partial charge in [-0.05, 0) is 43.0 Å². The van der Waals surface area contributed by atoms with Crippen LogP contribution in [0.3, 0.4) is 0 Å². The second-order valence-electron chi connectivity index (χ2n) is 5.93. The smallest absolute Gasteiger partial charge is 0.166 e. The SMILES string of the molecule is CCOC(C)(CC1c2ccccc2-c2ccccc21)OCC. The van der Waals surface area contributed by atoms with Gasteiger partial charge in [-0.2, -0.15) is 0 Å². The van der Waals surface area contributed by atoms with E-state index in [1.54, 1.807) is 0 Å². The molecule has 0 fully saturated rings. The number of hydrogen-bond acceptors (Lipinski definition) is 2. The van der Waals surface area contributed by atoms with Gasteiger partial charge < -0.3 is 9.47 Å². The first kappa shape index (κ1) is 15.3. The monoisotopic (exact) mass is 296 g/mol. The van der Waals surface area contributed by atoms with Crippen LogP contribution in [0.15, 0.2) is 48.5 Å². The predicted molar refractivity (Wildman–Crippen MR) is 90.0 cm³/mol. The fourth-order valence-electron chi connectivity index (χ4n) is 3.62. The summed E-state index contributed by atoms with van der Waals surface area (Å²) in [7, 11) is 0. The lowest BCUT2D eigenvalue weighted by molar-refractivity contribution is -0.225. The van der Waals surface area contributed by atoms with Gasteiger partial charge in [0.25, 0.3) is 0 Å². The molecule has 0 radical (unpaired) electrons. The van der Waals surface area contributed by atoms with E-state index < -0.39 is 5.79 Å². The third kappa shape index (κ3) is 2.69. The van der Waals surface area contributed by atoms with Crippen LogP contribution in [0.25, 0.3) is 11.1 Å². The highest BCUT2D eigenvalue weighted by molar-refractivity contribution is 5.78. The Hall–Kier alpha value is -1.64. The van der Waals surface area contributed by atoms with E-state index in [1.165, 1.54) is 22.3 Å². The van der Waals surface area contributed by atoms with E-state index in [4.69, 9.17) is 9.47 Å². The van der Waals surface area contributed by atoms with Crippen molar-refractivity contribution in [3.63, 3.8) is 0 Å². The molecule has 0 bridgehead atoms. The molecule has 0 aliphatic heterocycles. The van der Waals surface area contributed by atoms with E-state index in [9.17, 15) is 0 Å². The first-order valence-electron chi connectivity index (χ1n) is 8.14. The Balaban J connectivity index is 2.00. The molecule has 0 saturated carbocycles. The summed E-state index contributed by atoms with van der Waals surface area (Å²) >= 11 is 0.